The number of hydrogen-bond donors (Lipinski definition) is 0. The van der Waals surface area contributed by atoms with E-state index in [1.807, 2.05) is 24.9 Å². The predicted molar refractivity (Wildman–Crippen MR) is 142 cm³/mol. The van der Waals surface area contributed by atoms with E-state index in [4.69, 9.17) is 0 Å². The van der Waals surface area contributed by atoms with Crippen LogP contribution >= 0.6 is 0 Å². The number of likely N-dealkylation sites (N-methyl/N-ethyl adjacent to an activating group) is 1. The highest BCUT2D eigenvalue weighted by Crippen LogP contribution is 2.34. The number of nitrogens with zero attached hydrogens (tertiary/aromatic N) is 5. The smallest absolute Gasteiger partial charge is 0.304 e. The van der Waals surface area contributed by atoms with Gasteiger partial charge in [-0.2, -0.15) is 18.3 Å². The van der Waals surface area contributed by atoms with Crippen LogP contribution in [-0.4, -0.2) is 63.4 Å². The Morgan fingerprint density at radius 2 is 1.82 bits per heavy atom. The van der Waals surface area contributed by atoms with Crippen LogP contribution in [0.15, 0.2) is 60.9 Å². The Kier molecular flexibility index (Phi) is 7.51. The van der Waals surface area contributed by atoms with E-state index < -0.39 is 11.7 Å². The van der Waals surface area contributed by atoms with Gasteiger partial charge >= 0.3 is 6.18 Å². The van der Waals surface area contributed by atoms with Gasteiger partial charge in [0, 0.05) is 56.5 Å². The van der Waals surface area contributed by atoms with Crippen LogP contribution in [-0.2, 0) is 19.1 Å². The van der Waals surface area contributed by atoms with Crippen molar-refractivity contribution in [3.63, 3.8) is 0 Å². The number of aryl methyl sites for hydroxylation is 1. The topological polar surface area (TPSA) is 53.7 Å². The van der Waals surface area contributed by atoms with Gasteiger partial charge in [0.15, 0.2) is 11.4 Å². The predicted octanol–water partition coefficient (Wildman–Crippen LogP) is 4.63. The summed E-state index contributed by atoms with van der Waals surface area (Å²) < 4.78 is 43.5. The number of hydrogen-bond acceptors (Lipinski definition) is 5. The molecule has 3 heterocycles. The maximum atomic E-state index is 14.0. The van der Waals surface area contributed by atoms with Crippen molar-refractivity contribution >= 4 is 11.4 Å². The van der Waals surface area contributed by atoms with Crippen molar-refractivity contribution in [2.75, 3.05) is 33.2 Å². The lowest BCUT2D eigenvalue weighted by Gasteiger charge is -2.33. The third kappa shape index (κ3) is 6.36. The summed E-state index contributed by atoms with van der Waals surface area (Å²) in [4.78, 5) is 21.7. The molecule has 1 aliphatic heterocycles. The highest BCUT2D eigenvalue weighted by Gasteiger charge is 2.34. The van der Waals surface area contributed by atoms with Crippen LogP contribution in [0.4, 0.5) is 13.2 Å². The minimum Gasteiger partial charge on any atom is -0.304 e. The van der Waals surface area contributed by atoms with Crippen molar-refractivity contribution in [2.24, 2.45) is 0 Å². The molecule has 2 aromatic heterocycles. The van der Waals surface area contributed by atoms with Crippen molar-refractivity contribution < 1.29 is 18.0 Å². The highest BCUT2D eigenvalue weighted by molar-refractivity contribution is 5.98. The Bertz CT molecular complexity index is 1540. The lowest BCUT2D eigenvalue weighted by atomic mass is 9.96. The molecule has 6 nitrogen and oxygen atoms in total. The Labute approximate surface area is 225 Å². The van der Waals surface area contributed by atoms with Crippen LogP contribution in [0.3, 0.4) is 0 Å². The zero-order valence-corrected chi connectivity index (χ0v) is 21.8. The Morgan fingerprint density at radius 1 is 1.03 bits per heavy atom. The molecule has 200 valence electrons. The number of aromatic nitrogens is 3. The first-order valence-corrected chi connectivity index (χ1v) is 12.7. The van der Waals surface area contributed by atoms with E-state index in [1.165, 1.54) is 6.07 Å². The van der Waals surface area contributed by atoms with E-state index in [2.05, 4.69) is 26.8 Å². The van der Waals surface area contributed by atoms with Gasteiger partial charge in [0.05, 0.1) is 11.8 Å². The van der Waals surface area contributed by atoms with Crippen molar-refractivity contribution in [1.82, 2.24) is 24.4 Å². The molecule has 0 aliphatic carbocycles. The monoisotopic (exact) mass is 531 g/mol. The zero-order valence-electron chi connectivity index (χ0n) is 21.8. The van der Waals surface area contributed by atoms with Gasteiger partial charge in [0.2, 0.25) is 0 Å². The number of imidazole rings is 1. The maximum absolute atomic E-state index is 14.0. The maximum Gasteiger partial charge on any atom is 0.416 e. The van der Waals surface area contributed by atoms with Gasteiger partial charge in [-0.25, -0.2) is 9.50 Å². The van der Waals surface area contributed by atoms with E-state index in [1.54, 1.807) is 47.2 Å². The standard InChI is InChI=1S/C30H28F3N5O/c1-21-5-7-24(18-23(21)9-10-26-20-38-29(35-26)4-3-11-34-38)28(39)17-22-6-8-25(27(16-22)30(31,32)33)19-37-14-12-36(2)13-15-37/h3-8,11,16,18,20H,12-15,17,19H2,1-2H3. The number of halogens is 3. The Balaban J connectivity index is 1.34. The number of carbonyl (C=O) groups is 1. The second-order valence-electron chi connectivity index (χ2n) is 9.90. The summed E-state index contributed by atoms with van der Waals surface area (Å²) in [6, 6.07) is 13.0. The molecule has 0 saturated carbocycles. The first kappa shape index (κ1) is 26.6. The van der Waals surface area contributed by atoms with E-state index in [0.717, 1.165) is 37.8 Å². The van der Waals surface area contributed by atoms with Crippen LogP contribution in [0, 0.1) is 18.8 Å². The van der Waals surface area contributed by atoms with Gasteiger partial charge in [0.25, 0.3) is 0 Å². The third-order valence-corrected chi connectivity index (χ3v) is 6.96. The normalized spacial score (nSPS) is 14.8. The van der Waals surface area contributed by atoms with Crippen LogP contribution in [0.2, 0.25) is 0 Å². The summed E-state index contributed by atoms with van der Waals surface area (Å²) in [6.07, 6.45) is -1.25. The van der Waals surface area contributed by atoms with Gasteiger partial charge in [-0.3, -0.25) is 9.69 Å². The number of fused-ring (bicyclic) bond motifs is 1. The van der Waals surface area contributed by atoms with Gasteiger partial charge in [-0.1, -0.05) is 30.2 Å². The Morgan fingerprint density at radius 3 is 2.56 bits per heavy atom. The fraction of sp³-hybridized carbons (Fsp3) is 0.300. The summed E-state index contributed by atoms with van der Waals surface area (Å²) >= 11 is 0. The average Bonchev–Trinajstić information content (AvgIpc) is 3.33. The first-order chi connectivity index (χ1) is 18.7. The molecule has 39 heavy (non-hydrogen) atoms. The number of piperazine rings is 1. The number of ketones is 1. The largest absolute Gasteiger partial charge is 0.416 e. The molecule has 0 amide bonds. The van der Waals surface area contributed by atoms with E-state index >= 15 is 0 Å². The molecule has 1 fully saturated rings. The second-order valence-corrected chi connectivity index (χ2v) is 9.90. The molecule has 1 saturated heterocycles. The number of benzene rings is 2. The molecule has 5 rings (SSSR count). The number of Topliss-reactive ketones (excluding diaryl/α,β-unsaturated/α-hetero) is 1. The third-order valence-electron chi connectivity index (χ3n) is 6.96. The minimum atomic E-state index is -4.50. The van der Waals surface area contributed by atoms with E-state index in [9.17, 15) is 18.0 Å². The fourth-order valence-corrected chi connectivity index (χ4v) is 4.62. The molecule has 0 unspecified atom stereocenters. The molecular weight excluding hydrogens is 503 g/mol. The van der Waals surface area contributed by atoms with Gasteiger partial charge in [-0.15, -0.1) is 0 Å². The molecule has 0 spiro atoms. The molecule has 1 aliphatic rings. The van der Waals surface area contributed by atoms with Crippen LogP contribution < -0.4 is 0 Å². The lowest BCUT2D eigenvalue weighted by molar-refractivity contribution is -0.138. The lowest BCUT2D eigenvalue weighted by Crippen LogP contribution is -2.44. The van der Waals surface area contributed by atoms with Crippen molar-refractivity contribution in [3.8, 4) is 11.8 Å². The average molecular weight is 532 g/mol. The van der Waals surface area contributed by atoms with Gasteiger partial charge in [0.1, 0.15) is 5.69 Å². The molecule has 0 bridgehead atoms. The highest BCUT2D eigenvalue weighted by atomic mass is 19.4. The molecule has 0 atom stereocenters. The fourth-order valence-electron chi connectivity index (χ4n) is 4.62. The van der Waals surface area contributed by atoms with Crippen LogP contribution in [0.5, 0.6) is 0 Å². The SMILES string of the molecule is Cc1ccc(C(=O)Cc2ccc(CN3CCN(C)CC3)c(C(F)(F)F)c2)cc1C#Cc1cn2ncccc2n1. The number of carbonyl (C=O) groups excluding carboxylic acids is 1. The van der Waals surface area contributed by atoms with Crippen LogP contribution in [0.25, 0.3) is 5.65 Å². The molecule has 9 heteroatoms. The first-order valence-electron chi connectivity index (χ1n) is 12.7. The second kappa shape index (κ2) is 11.0. The van der Waals surface area contributed by atoms with Crippen molar-refractivity contribution in [1.29, 1.82) is 0 Å². The molecule has 4 aromatic rings. The summed E-state index contributed by atoms with van der Waals surface area (Å²) in [5.74, 6) is 5.80. The quantitative estimate of drug-likeness (QED) is 0.278. The minimum absolute atomic E-state index is 0.133. The van der Waals surface area contributed by atoms with Crippen molar-refractivity contribution in [2.45, 2.75) is 26.1 Å². The number of rotatable bonds is 5. The van der Waals surface area contributed by atoms with Gasteiger partial charge in [-0.05, 0) is 60.8 Å². The summed E-state index contributed by atoms with van der Waals surface area (Å²) in [5.41, 5.74) is 3.05. The summed E-state index contributed by atoms with van der Waals surface area (Å²) in [6.45, 7) is 5.22. The summed E-state index contributed by atoms with van der Waals surface area (Å²) in [7, 11) is 2.01. The number of alkyl halides is 3. The van der Waals surface area contributed by atoms with Crippen molar-refractivity contribution in [3.05, 3.63) is 100.0 Å². The summed E-state index contributed by atoms with van der Waals surface area (Å²) in [5, 5.41) is 4.18. The molecule has 2 aromatic carbocycles. The van der Waals surface area contributed by atoms with Crippen LogP contribution in [0.1, 0.15) is 43.9 Å². The molecular formula is C30H28F3N5O. The Hall–Kier alpha value is -4.00. The zero-order chi connectivity index (χ0) is 27.6. The molecule has 0 radical (unpaired) electrons. The van der Waals surface area contributed by atoms with E-state index in [-0.39, 0.29) is 24.3 Å². The van der Waals surface area contributed by atoms with Gasteiger partial charge < -0.3 is 4.90 Å². The molecule has 0 N–H and O–H groups in total. The van der Waals surface area contributed by atoms with E-state index in [0.29, 0.717) is 28.0 Å².